The van der Waals surface area contributed by atoms with Crippen molar-refractivity contribution in [2.45, 2.75) is 27.3 Å². The number of carboxylic acids is 1. The Bertz CT molecular complexity index is 620. The fraction of sp³-hybridized carbons (Fsp3) is 0.308. The van der Waals surface area contributed by atoms with Crippen LogP contribution in [0.25, 0.3) is 0 Å². The van der Waals surface area contributed by atoms with E-state index in [0.29, 0.717) is 23.7 Å². The van der Waals surface area contributed by atoms with E-state index in [2.05, 4.69) is 15.5 Å². The number of anilines is 1. The highest BCUT2D eigenvalue weighted by molar-refractivity contribution is 5.95. The number of nitrogens with one attached hydrogen (secondary N) is 1. The van der Waals surface area contributed by atoms with Crippen LogP contribution in [-0.4, -0.2) is 21.2 Å². The van der Waals surface area contributed by atoms with Gasteiger partial charge in [-0.15, -0.1) is 0 Å². The second-order valence-corrected chi connectivity index (χ2v) is 4.36. The van der Waals surface area contributed by atoms with Crippen LogP contribution in [0.3, 0.4) is 0 Å². The molecule has 0 unspecified atom stereocenters. The summed E-state index contributed by atoms with van der Waals surface area (Å²) in [5.74, 6) is -0.345. The van der Waals surface area contributed by atoms with Crippen molar-refractivity contribution < 1.29 is 14.4 Å². The smallest absolute Gasteiger partial charge is 0.339 e. The Balaban J connectivity index is 2.26. The zero-order valence-electron chi connectivity index (χ0n) is 11.0. The van der Waals surface area contributed by atoms with Gasteiger partial charge < -0.3 is 14.9 Å². The number of aromatic carboxylic acids is 1. The Labute approximate surface area is 110 Å². The van der Waals surface area contributed by atoms with Crippen LogP contribution in [0.2, 0.25) is 0 Å². The summed E-state index contributed by atoms with van der Waals surface area (Å²) in [5.41, 5.74) is 2.76. The molecule has 0 aromatic carbocycles. The Kier molecular flexibility index (Phi) is 3.50. The number of carbonyl (C=O) groups is 1. The summed E-state index contributed by atoms with van der Waals surface area (Å²) in [4.78, 5) is 15.4. The Hall–Kier alpha value is -2.37. The molecule has 100 valence electrons. The maximum absolute atomic E-state index is 11.3. The molecule has 2 aromatic rings. The largest absolute Gasteiger partial charge is 0.478 e. The van der Waals surface area contributed by atoms with Gasteiger partial charge in [0.1, 0.15) is 5.56 Å². The molecule has 19 heavy (non-hydrogen) atoms. The lowest BCUT2D eigenvalue weighted by Crippen LogP contribution is -2.10. The summed E-state index contributed by atoms with van der Waals surface area (Å²) in [7, 11) is 0. The zero-order chi connectivity index (χ0) is 14.0. The van der Waals surface area contributed by atoms with Crippen LogP contribution in [-0.2, 0) is 6.54 Å². The first-order valence-corrected chi connectivity index (χ1v) is 5.85. The number of carboxylic acid groups (broad SMARTS) is 1. The number of aryl methyl sites for hydroxylation is 3. The summed E-state index contributed by atoms with van der Waals surface area (Å²) < 4.78 is 5.07. The maximum atomic E-state index is 11.3. The van der Waals surface area contributed by atoms with Crippen LogP contribution >= 0.6 is 0 Å². The van der Waals surface area contributed by atoms with E-state index in [-0.39, 0.29) is 5.56 Å². The summed E-state index contributed by atoms with van der Waals surface area (Å²) in [5, 5.41) is 16.1. The molecule has 0 saturated carbocycles. The highest BCUT2D eigenvalue weighted by Crippen LogP contribution is 2.20. The highest BCUT2D eigenvalue weighted by atomic mass is 16.5. The van der Waals surface area contributed by atoms with Gasteiger partial charge in [-0.1, -0.05) is 5.16 Å². The molecule has 0 aliphatic heterocycles. The monoisotopic (exact) mass is 261 g/mol. The van der Waals surface area contributed by atoms with E-state index in [9.17, 15) is 9.90 Å². The second kappa shape index (κ2) is 5.09. The van der Waals surface area contributed by atoms with Gasteiger partial charge in [-0.05, 0) is 26.8 Å². The van der Waals surface area contributed by atoms with Crippen LogP contribution < -0.4 is 5.32 Å². The average molecular weight is 261 g/mol. The van der Waals surface area contributed by atoms with Gasteiger partial charge in [-0.25, -0.2) is 4.79 Å². The van der Waals surface area contributed by atoms with Gasteiger partial charge in [-0.2, -0.15) is 0 Å². The molecular formula is C13H15N3O3. The number of aromatic nitrogens is 2. The third kappa shape index (κ3) is 2.90. The number of hydrogen-bond donors (Lipinski definition) is 2. The quantitative estimate of drug-likeness (QED) is 0.878. The topological polar surface area (TPSA) is 88.2 Å². The van der Waals surface area contributed by atoms with Gasteiger partial charge in [0.15, 0.2) is 5.76 Å². The maximum Gasteiger partial charge on any atom is 0.339 e. The minimum atomic E-state index is -0.999. The summed E-state index contributed by atoms with van der Waals surface area (Å²) in [6.45, 7) is 5.71. The standard InChI is InChI=1S/C13H15N3O3/c1-7-5-11(12(13(17)18)9(3)15-7)14-6-10-4-8(2)16-19-10/h4-5H,6H2,1-3H3,(H,14,15)(H,17,18). The Morgan fingerprint density at radius 1 is 1.32 bits per heavy atom. The molecule has 0 amide bonds. The molecular weight excluding hydrogens is 246 g/mol. The molecule has 0 fully saturated rings. The van der Waals surface area contributed by atoms with Crippen molar-refractivity contribution in [3.63, 3.8) is 0 Å². The predicted molar refractivity (Wildman–Crippen MR) is 69.2 cm³/mol. The van der Waals surface area contributed by atoms with E-state index >= 15 is 0 Å². The minimum Gasteiger partial charge on any atom is -0.478 e. The first kappa shape index (κ1) is 13.1. The van der Waals surface area contributed by atoms with Crippen LogP contribution in [0.4, 0.5) is 5.69 Å². The second-order valence-electron chi connectivity index (χ2n) is 4.36. The minimum absolute atomic E-state index is 0.182. The fourth-order valence-corrected chi connectivity index (χ4v) is 1.92. The van der Waals surface area contributed by atoms with Gasteiger partial charge >= 0.3 is 5.97 Å². The molecule has 0 aliphatic rings. The van der Waals surface area contributed by atoms with Crippen LogP contribution in [0, 0.1) is 20.8 Å². The number of pyridine rings is 1. The molecule has 6 heteroatoms. The first-order valence-electron chi connectivity index (χ1n) is 5.85. The zero-order valence-corrected chi connectivity index (χ0v) is 11.0. The molecule has 0 bridgehead atoms. The lowest BCUT2D eigenvalue weighted by Gasteiger charge is -2.11. The third-order valence-electron chi connectivity index (χ3n) is 2.67. The van der Waals surface area contributed by atoms with E-state index in [1.54, 1.807) is 19.1 Å². The van der Waals surface area contributed by atoms with Crippen LogP contribution in [0.15, 0.2) is 16.7 Å². The first-order chi connectivity index (χ1) is 8.97. The van der Waals surface area contributed by atoms with Crippen molar-refractivity contribution in [2.24, 2.45) is 0 Å². The van der Waals surface area contributed by atoms with Crippen molar-refractivity contribution in [1.82, 2.24) is 10.1 Å². The van der Waals surface area contributed by atoms with E-state index < -0.39 is 5.97 Å². The molecule has 2 rings (SSSR count). The van der Waals surface area contributed by atoms with Crippen molar-refractivity contribution >= 4 is 11.7 Å². The van der Waals surface area contributed by atoms with E-state index in [0.717, 1.165) is 11.4 Å². The predicted octanol–water partition coefficient (Wildman–Crippen LogP) is 2.31. The number of hydrogen-bond acceptors (Lipinski definition) is 5. The molecule has 0 aliphatic carbocycles. The lowest BCUT2D eigenvalue weighted by molar-refractivity contribution is 0.0696. The Morgan fingerprint density at radius 2 is 2.05 bits per heavy atom. The van der Waals surface area contributed by atoms with Gasteiger partial charge in [0.2, 0.25) is 0 Å². The summed E-state index contributed by atoms with van der Waals surface area (Å²) >= 11 is 0. The summed E-state index contributed by atoms with van der Waals surface area (Å²) in [6.07, 6.45) is 0. The van der Waals surface area contributed by atoms with Crippen LogP contribution in [0.1, 0.15) is 33.2 Å². The molecule has 0 spiro atoms. The van der Waals surface area contributed by atoms with Crippen LogP contribution in [0.5, 0.6) is 0 Å². The lowest BCUT2D eigenvalue weighted by atomic mass is 10.1. The molecule has 0 atom stereocenters. The fourth-order valence-electron chi connectivity index (χ4n) is 1.92. The van der Waals surface area contributed by atoms with Gasteiger partial charge in [0, 0.05) is 11.8 Å². The van der Waals surface area contributed by atoms with Crippen molar-refractivity contribution in [2.75, 3.05) is 5.32 Å². The highest BCUT2D eigenvalue weighted by Gasteiger charge is 2.15. The molecule has 0 saturated heterocycles. The molecule has 0 radical (unpaired) electrons. The Morgan fingerprint density at radius 3 is 2.63 bits per heavy atom. The summed E-state index contributed by atoms with van der Waals surface area (Å²) in [6, 6.07) is 3.51. The van der Waals surface area contributed by atoms with Gasteiger partial charge in [-0.3, -0.25) is 4.98 Å². The molecule has 2 aromatic heterocycles. The SMILES string of the molecule is Cc1cc(CNc2cc(C)nc(C)c2C(=O)O)on1. The van der Waals surface area contributed by atoms with Gasteiger partial charge in [0.05, 0.1) is 23.6 Å². The number of nitrogens with zero attached hydrogens (tertiary/aromatic N) is 2. The normalized spacial score (nSPS) is 10.5. The van der Waals surface area contributed by atoms with E-state index in [4.69, 9.17) is 4.52 Å². The van der Waals surface area contributed by atoms with Crippen molar-refractivity contribution in [1.29, 1.82) is 0 Å². The molecule has 2 N–H and O–H groups in total. The third-order valence-corrected chi connectivity index (χ3v) is 2.67. The van der Waals surface area contributed by atoms with Crippen molar-refractivity contribution in [3.8, 4) is 0 Å². The number of rotatable bonds is 4. The molecule has 2 heterocycles. The van der Waals surface area contributed by atoms with E-state index in [1.165, 1.54) is 0 Å². The van der Waals surface area contributed by atoms with Crippen molar-refractivity contribution in [3.05, 3.63) is 40.5 Å². The average Bonchev–Trinajstić information content (AvgIpc) is 2.71. The van der Waals surface area contributed by atoms with E-state index in [1.807, 2.05) is 13.8 Å². The van der Waals surface area contributed by atoms with Gasteiger partial charge in [0.25, 0.3) is 0 Å². The molecule has 6 nitrogen and oxygen atoms in total.